The van der Waals surface area contributed by atoms with Gasteiger partial charge >= 0.3 is 0 Å². The van der Waals surface area contributed by atoms with Gasteiger partial charge in [0, 0.05) is 0 Å². The third-order valence-corrected chi connectivity index (χ3v) is 2.64. The summed E-state index contributed by atoms with van der Waals surface area (Å²) in [6.07, 6.45) is 1.79. The highest BCUT2D eigenvalue weighted by Crippen LogP contribution is 2.07. The number of aromatic amines is 1. The number of nitrogens with zero attached hydrogens (tertiary/aromatic N) is 3. The van der Waals surface area contributed by atoms with Gasteiger partial charge in [-0.05, 0) is 38.6 Å². The number of nitrogens with one attached hydrogen (secondary N) is 1. The summed E-state index contributed by atoms with van der Waals surface area (Å²) in [4.78, 5) is 0. The van der Waals surface area contributed by atoms with Crippen molar-refractivity contribution in [3.8, 4) is 0 Å². The highest BCUT2D eigenvalue weighted by Gasteiger charge is 1.97. The van der Waals surface area contributed by atoms with E-state index in [2.05, 4.69) is 47.3 Å². The van der Waals surface area contributed by atoms with Crippen molar-refractivity contribution in [2.75, 3.05) is 0 Å². The van der Waals surface area contributed by atoms with Gasteiger partial charge in [-0.15, -0.1) is 0 Å². The van der Waals surface area contributed by atoms with Gasteiger partial charge in [0.15, 0.2) is 0 Å². The van der Waals surface area contributed by atoms with Crippen LogP contribution in [0.15, 0.2) is 23.3 Å². The Morgan fingerprint density at radius 2 is 1.88 bits per heavy atom. The molecular weight excluding hydrogens is 232 g/mol. The Morgan fingerprint density at radius 1 is 1.24 bits per heavy atom. The molecule has 0 atom stereocenters. The van der Waals surface area contributed by atoms with E-state index in [1.54, 1.807) is 10.9 Å². The summed E-state index contributed by atoms with van der Waals surface area (Å²) in [6, 6.07) is 6.29. The van der Waals surface area contributed by atoms with E-state index in [1.165, 1.54) is 11.1 Å². The average molecular weight is 246 g/mol. The molecule has 0 aliphatic rings. The molecule has 0 amide bonds. The molecule has 0 bridgehead atoms. The molecular formula is C12H14N4S. The number of aromatic nitrogens is 3. The SMILES string of the molecule is Cc1cc(C)cc(C=Nn2c(C)n[nH]c2=S)c1. The van der Waals surface area contributed by atoms with Crippen molar-refractivity contribution in [2.45, 2.75) is 20.8 Å². The molecule has 1 aromatic heterocycles. The second-order valence-corrected chi connectivity index (χ2v) is 4.44. The van der Waals surface area contributed by atoms with Crippen LogP contribution in [0, 0.1) is 25.5 Å². The van der Waals surface area contributed by atoms with E-state index < -0.39 is 0 Å². The van der Waals surface area contributed by atoms with Crippen molar-refractivity contribution in [3.63, 3.8) is 0 Å². The predicted molar refractivity (Wildman–Crippen MR) is 71.1 cm³/mol. The summed E-state index contributed by atoms with van der Waals surface area (Å²) in [5.41, 5.74) is 3.50. The maximum absolute atomic E-state index is 5.07. The van der Waals surface area contributed by atoms with Crippen molar-refractivity contribution < 1.29 is 0 Å². The molecule has 0 unspecified atom stereocenters. The largest absolute Gasteiger partial charge is 0.250 e. The van der Waals surface area contributed by atoms with Crippen LogP contribution >= 0.6 is 12.2 Å². The molecule has 0 aliphatic carbocycles. The van der Waals surface area contributed by atoms with Crippen LogP contribution in [0.2, 0.25) is 0 Å². The summed E-state index contributed by atoms with van der Waals surface area (Å²) < 4.78 is 2.11. The Labute approximate surface area is 105 Å². The normalized spacial score (nSPS) is 11.2. The number of hydrogen-bond acceptors (Lipinski definition) is 3. The summed E-state index contributed by atoms with van der Waals surface area (Å²) in [5, 5.41) is 11.0. The molecule has 1 N–H and O–H groups in total. The number of hydrogen-bond donors (Lipinski definition) is 1. The van der Waals surface area contributed by atoms with E-state index in [9.17, 15) is 0 Å². The first-order valence-electron chi connectivity index (χ1n) is 5.33. The first kappa shape index (κ1) is 11.7. The van der Waals surface area contributed by atoms with Gasteiger partial charge in [-0.3, -0.25) is 5.10 Å². The Bertz CT molecular complexity index is 601. The molecule has 4 nitrogen and oxygen atoms in total. The van der Waals surface area contributed by atoms with Gasteiger partial charge in [-0.1, -0.05) is 29.3 Å². The molecule has 17 heavy (non-hydrogen) atoms. The van der Waals surface area contributed by atoms with Crippen molar-refractivity contribution in [3.05, 3.63) is 45.5 Å². The van der Waals surface area contributed by atoms with Crippen LogP contribution in [0.25, 0.3) is 0 Å². The Kier molecular flexibility index (Phi) is 3.19. The second-order valence-electron chi connectivity index (χ2n) is 4.05. The molecule has 1 heterocycles. The van der Waals surface area contributed by atoms with E-state index in [1.807, 2.05) is 6.92 Å². The van der Waals surface area contributed by atoms with E-state index in [-0.39, 0.29) is 0 Å². The predicted octanol–water partition coefficient (Wildman–Crippen LogP) is 2.75. The van der Waals surface area contributed by atoms with Crippen LogP contribution < -0.4 is 0 Å². The Hall–Kier alpha value is -1.75. The first-order valence-corrected chi connectivity index (χ1v) is 5.74. The Balaban J connectivity index is 2.35. The quantitative estimate of drug-likeness (QED) is 0.654. The highest BCUT2D eigenvalue weighted by atomic mass is 32.1. The van der Waals surface area contributed by atoms with Crippen molar-refractivity contribution in [1.29, 1.82) is 0 Å². The lowest BCUT2D eigenvalue weighted by molar-refractivity contribution is 0.821. The van der Waals surface area contributed by atoms with Crippen LogP contribution in [0.3, 0.4) is 0 Å². The lowest BCUT2D eigenvalue weighted by atomic mass is 10.1. The summed E-state index contributed by atoms with van der Waals surface area (Å²) in [6.45, 7) is 5.99. The fraction of sp³-hybridized carbons (Fsp3) is 0.250. The van der Waals surface area contributed by atoms with Gasteiger partial charge in [-0.25, -0.2) is 0 Å². The molecule has 5 heteroatoms. The molecule has 0 spiro atoms. The maximum atomic E-state index is 5.07. The molecule has 88 valence electrons. The highest BCUT2D eigenvalue weighted by molar-refractivity contribution is 7.71. The van der Waals surface area contributed by atoms with Gasteiger partial charge in [0.25, 0.3) is 0 Å². The van der Waals surface area contributed by atoms with Crippen molar-refractivity contribution in [2.24, 2.45) is 5.10 Å². The van der Waals surface area contributed by atoms with Crippen molar-refractivity contribution >= 4 is 18.4 Å². The van der Waals surface area contributed by atoms with Gasteiger partial charge < -0.3 is 0 Å². The lowest BCUT2D eigenvalue weighted by Crippen LogP contribution is -1.94. The third kappa shape index (κ3) is 2.68. The number of benzene rings is 1. The van der Waals surface area contributed by atoms with Crippen molar-refractivity contribution in [1.82, 2.24) is 14.9 Å². The van der Waals surface area contributed by atoms with E-state index in [4.69, 9.17) is 12.2 Å². The molecule has 0 radical (unpaired) electrons. The summed E-state index contributed by atoms with van der Waals surface area (Å²) >= 11 is 5.07. The zero-order chi connectivity index (χ0) is 12.4. The van der Waals surface area contributed by atoms with Crippen LogP contribution in [0.4, 0.5) is 0 Å². The molecule has 1 aromatic carbocycles. The molecule has 0 saturated heterocycles. The summed E-state index contributed by atoms with van der Waals surface area (Å²) in [5.74, 6) is 0.746. The third-order valence-electron chi connectivity index (χ3n) is 2.38. The second kappa shape index (κ2) is 4.63. The molecule has 2 aromatic rings. The minimum atomic E-state index is 0.503. The number of H-pyrrole nitrogens is 1. The number of aryl methyl sites for hydroxylation is 3. The lowest BCUT2D eigenvalue weighted by Gasteiger charge is -1.99. The number of rotatable bonds is 2. The maximum Gasteiger partial charge on any atom is 0.216 e. The topological polar surface area (TPSA) is 46.0 Å². The summed E-state index contributed by atoms with van der Waals surface area (Å²) in [7, 11) is 0. The van der Waals surface area contributed by atoms with E-state index in [0.29, 0.717) is 4.77 Å². The van der Waals surface area contributed by atoms with Gasteiger partial charge in [0.05, 0.1) is 6.21 Å². The van der Waals surface area contributed by atoms with Crippen LogP contribution in [-0.4, -0.2) is 21.1 Å². The smallest absolute Gasteiger partial charge is 0.216 e. The first-order chi connectivity index (χ1) is 8.06. The standard InChI is InChI=1S/C12H14N4S/c1-8-4-9(2)6-11(5-8)7-13-16-10(3)14-15-12(16)17/h4-7H,1-3H3,(H,15,17). The minimum Gasteiger partial charge on any atom is -0.250 e. The van der Waals surface area contributed by atoms with E-state index in [0.717, 1.165) is 11.4 Å². The fourth-order valence-corrected chi connectivity index (χ4v) is 1.94. The zero-order valence-corrected chi connectivity index (χ0v) is 10.9. The average Bonchev–Trinajstić information content (AvgIpc) is 2.55. The Morgan fingerprint density at radius 3 is 2.41 bits per heavy atom. The molecule has 0 fully saturated rings. The monoisotopic (exact) mass is 246 g/mol. The van der Waals surface area contributed by atoms with Gasteiger partial charge in [0.1, 0.15) is 5.82 Å². The van der Waals surface area contributed by atoms with Gasteiger partial charge in [0.2, 0.25) is 4.77 Å². The molecule has 2 rings (SSSR count). The zero-order valence-electron chi connectivity index (χ0n) is 10.1. The van der Waals surface area contributed by atoms with E-state index >= 15 is 0 Å². The van der Waals surface area contributed by atoms with Crippen LogP contribution in [-0.2, 0) is 0 Å². The fourth-order valence-electron chi connectivity index (χ4n) is 1.72. The van der Waals surface area contributed by atoms with Crippen LogP contribution in [0.1, 0.15) is 22.5 Å². The minimum absolute atomic E-state index is 0.503. The van der Waals surface area contributed by atoms with Crippen LogP contribution in [0.5, 0.6) is 0 Å². The molecule has 0 aliphatic heterocycles. The van der Waals surface area contributed by atoms with Gasteiger partial charge in [-0.2, -0.15) is 14.9 Å². The molecule has 0 saturated carbocycles.